The number of benzene rings is 2. The lowest BCUT2D eigenvalue weighted by molar-refractivity contribution is 0.0951. The van der Waals surface area contributed by atoms with E-state index in [-0.39, 0.29) is 5.91 Å². The SMILES string of the molecule is O=C(NCc1cccc(CN2CCCCCC2)c1)c1ccc(Cn2cccn2)cc1. The summed E-state index contributed by atoms with van der Waals surface area (Å²) in [4.78, 5) is 15.1. The molecule has 0 saturated carbocycles. The van der Waals surface area contributed by atoms with Crippen LogP contribution in [0.4, 0.5) is 0 Å². The van der Waals surface area contributed by atoms with Gasteiger partial charge in [-0.25, -0.2) is 0 Å². The third-order valence-electron chi connectivity index (χ3n) is 5.67. The molecule has 3 aromatic rings. The van der Waals surface area contributed by atoms with Crippen molar-refractivity contribution in [2.24, 2.45) is 0 Å². The Kier molecular flexibility index (Phi) is 6.93. The van der Waals surface area contributed by atoms with E-state index >= 15 is 0 Å². The molecule has 1 N–H and O–H groups in total. The van der Waals surface area contributed by atoms with Crippen molar-refractivity contribution in [1.82, 2.24) is 20.0 Å². The van der Waals surface area contributed by atoms with E-state index in [1.807, 2.05) is 41.2 Å². The first-order valence-corrected chi connectivity index (χ1v) is 10.9. The van der Waals surface area contributed by atoms with Crippen LogP contribution >= 0.6 is 0 Å². The van der Waals surface area contributed by atoms with Gasteiger partial charge in [0, 0.05) is 31.0 Å². The zero-order valence-corrected chi connectivity index (χ0v) is 17.5. The first-order chi connectivity index (χ1) is 14.8. The number of rotatable bonds is 7. The van der Waals surface area contributed by atoms with Crippen LogP contribution in [0.1, 0.15) is 52.7 Å². The minimum atomic E-state index is -0.0430. The van der Waals surface area contributed by atoms with E-state index in [0.717, 1.165) is 17.7 Å². The highest BCUT2D eigenvalue weighted by Crippen LogP contribution is 2.14. The van der Waals surface area contributed by atoms with Crippen LogP contribution in [-0.4, -0.2) is 33.7 Å². The molecule has 1 fully saturated rings. The van der Waals surface area contributed by atoms with Crippen molar-refractivity contribution in [3.8, 4) is 0 Å². The van der Waals surface area contributed by atoms with Crippen molar-refractivity contribution in [3.63, 3.8) is 0 Å². The normalized spacial score (nSPS) is 14.9. The molecule has 1 aliphatic rings. The van der Waals surface area contributed by atoms with Gasteiger partial charge in [0.2, 0.25) is 0 Å². The summed E-state index contributed by atoms with van der Waals surface area (Å²) in [5, 5.41) is 7.27. The number of likely N-dealkylation sites (tertiary alicyclic amines) is 1. The Labute approximate surface area is 178 Å². The number of hydrogen-bond acceptors (Lipinski definition) is 3. The molecule has 2 heterocycles. The van der Waals surface area contributed by atoms with Gasteiger partial charge in [-0.1, -0.05) is 49.2 Å². The number of amides is 1. The van der Waals surface area contributed by atoms with Crippen molar-refractivity contribution in [2.75, 3.05) is 13.1 Å². The van der Waals surface area contributed by atoms with E-state index in [0.29, 0.717) is 18.7 Å². The Balaban J connectivity index is 1.30. The molecule has 30 heavy (non-hydrogen) atoms. The molecular formula is C25H30N4O. The van der Waals surface area contributed by atoms with Gasteiger partial charge in [-0.2, -0.15) is 5.10 Å². The van der Waals surface area contributed by atoms with Gasteiger partial charge in [0.1, 0.15) is 0 Å². The Hall–Kier alpha value is -2.92. The maximum absolute atomic E-state index is 12.5. The van der Waals surface area contributed by atoms with Crippen LogP contribution in [0.15, 0.2) is 67.0 Å². The molecular weight excluding hydrogens is 372 g/mol. The first kappa shape index (κ1) is 20.4. The van der Waals surface area contributed by atoms with Crippen molar-refractivity contribution in [1.29, 1.82) is 0 Å². The molecule has 0 bridgehead atoms. The zero-order chi connectivity index (χ0) is 20.6. The smallest absolute Gasteiger partial charge is 0.251 e. The van der Waals surface area contributed by atoms with Gasteiger partial charge in [0.05, 0.1) is 6.54 Å². The third kappa shape index (κ3) is 5.80. The Morgan fingerprint density at radius 1 is 0.867 bits per heavy atom. The van der Waals surface area contributed by atoms with Crippen molar-refractivity contribution in [3.05, 3.63) is 89.2 Å². The molecule has 0 atom stereocenters. The molecule has 0 radical (unpaired) electrons. The molecule has 1 aromatic heterocycles. The zero-order valence-electron chi connectivity index (χ0n) is 17.5. The summed E-state index contributed by atoms with van der Waals surface area (Å²) < 4.78 is 1.87. The van der Waals surface area contributed by atoms with E-state index in [9.17, 15) is 4.79 Å². The van der Waals surface area contributed by atoms with Gasteiger partial charge in [0.15, 0.2) is 0 Å². The Morgan fingerprint density at radius 3 is 2.37 bits per heavy atom. The molecule has 5 nitrogen and oxygen atoms in total. The van der Waals surface area contributed by atoms with Crippen molar-refractivity contribution < 1.29 is 4.79 Å². The number of nitrogens with zero attached hydrogens (tertiary/aromatic N) is 3. The summed E-state index contributed by atoms with van der Waals surface area (Å²) in [6.07, 6.45) is 9.01. The molecule has 0 aliphatic carbocycles. The Morgan fingerprint density at radius 2 is 1.63 bits per heavy atom. The molecule has 4 rings (SSSR count). The van der Waals surface area contributed by atoms with Crippen LogP contribution in [0.2, 0.25) is 0 Å². The van der Waals surface area contributed by atoms with E-state index in [4.69, 9.17) is 0 Å². The van der Waals surface area contributed by atoms with E-state index < -0.39 is 0 Å². The third-order valence-corrected chi connectivity index (χ3v) is 5.67. The highest BCUT2D eigenvalue weighted by molar-refractivity contribution is 5.94. The maximum atomic E-state index is 12.5. The average molecular weight is 403 g/mol. The first-order valence-electron chi connectivity index (χ1n) is 10.9. The monoisotopic (exact) mass is 402 g/mol. The molecule has 1 aliphatic heterocycles. The van der Waals surface area contributed by atoms with Crippen LogP contribution in [0.25, 0.3) is 0 Å². The lowest BCUT2D eigenvalue weighted by atomic mass is 10.1. The summed E-state index contributed by atoms with van der Waals surface area (Å²) in [7, 11) is 0. The molecule has 0 spiro atoms. The van der Waals surface area contributed by atoms with Gasteiger partial charge in [-0.15, -0.1) is 0 Å². The molecule has 5 heteroatoms. The van der Waals surface area contributed by atoms with Gasteiger partial charge in [-0.3, -0.25) is 14.4 Å². The van der Waals surface area contributed by atoms with E-state index in [2.05, 4.69) is 39.6 Å². The quantitative estimate of drug-likeness (QED) is 0.643. The second-order valence-electron chi connectivity index (χ2n) is 8.09. The number of aromatic nitrogens is 2. The summed E-state index contributed by atoms with van der Waals surface area (Å²) >= 11 is 0. The fourth-order valence-corrected chi connectivity index (χ4v) is 4.02. The summed E-state index contributed by atoms with van der Waals surface area (Å²) in [5.74, 6) is -0.0430. The second-order valence-corrected chi connectivity index (χ2v) is 8.09. The minimum absolute atomic E-state index is 0.0430. The predicted octanol–water partition coefficient (Wildman–Crippen LogP) is 4.24. The lowest BCUT2D eigenvalue weighted by Gasteiger charge is -2.20. The predicted molar refractivity (Wildman–Crippen MR) is 119 cm³/mol. The van der Waals surface area contributed by atoms with Crippen LogP contribution < -0.4 is 5.32 Å². The number of carbonyl (C=O) groups is 1. The molecule has 0 unspecified atom stereocenters. The average Bonchev–Trinajstić information content (AvgIpc) is 3.15. The highest BCUT2D eigenvalue weighted by Gasteiger charge is 2.10. The second kappa shape index (κ2) is 10.2. The topological polar surface area (TPSA) is 50.2 Å². The number of hydrogen-bond donors (Lipinski definition) is 1. The Bertz CT molecular complexity index is 926. The largest absolute Gasteiger partial charge is 0.348 e. The standard InChI is InChI=1S/C25H30N4O/c30-25(24-11-9-21(10-12-24)20-29-16-6-13-27-29)26-18-22-7-5-8-23(17-22)19-28-14-3-1-2-4-15-28/h5-13,16-17H,1-4,14-15,18-20H2,(H,26,30). The van der Waals surface area contributed by atoms with E-state index in [1.54, 1.807) is 6.20 Å². The van der Waals surface area contributed by atoms with Crippen molar-refractivity contribution >= 4 is 5.91 Å². The van der Waals surface area contributed by atoms with Gasteiger partial charge >= 0.3 is 0 Å². The highest BCUT2D eigenvalue weighted by atomic mass is 16.1. The van der Waals surface area contributed by atoms with Crippen LogP contribution in [0.3, 0.4) is 0 Å². The lowest BCUT2D eigenvalue weighted by Crippen LogP contribution is -2.24. The fourth-order valence-electron chi connectivity index (χ4n) is 4.02. The fraction of sp³-hybridized carbons (Fsp3) is 0.360. The molecule has 156 valence electrons. The minimum Gasteiger partial charge on any atom is -0.348 e. The van der Waals surface area contributed by atoms with Crippen LogP contribution in [-0.2, 0) is 19.6 Å². The molecule has 1 amide bonds. The summed E-state index contributed by atoms with van der Waals surface area (Å²) in [5.41, 5.74) is 4.27. The van der Waals surface area contributed by atoms with Crippen LogP contribution in [0.5, 0.6) is 0 Å². The van der Waals surface area contributed by atoms with E-state index in [1.165, 1.54) is 44.3 Å². The van der Waals surface area contributed by atoms with Gasteiger partial charge in [0.25, 0.3) is 5.91 Å². The summed E-state index contributed by atoms with van der Waals surface area (Å²) in [6.45, 7) is 4.63. The summed E-state index contributed by atoms with van der Waals surface area (Å²) in [6, 6.07) is 18.2. The number of carbonyl (C=O) groups excluding carboxylic acids is 1. The molecule has 2 aromatic carbocycles. The van der Waals surface area contributed by atoms with Gasteiger partial charge in [-0.05, 0) is 60.8 Å². The number of nitrogens with one attached hydrogen (secondary N) is 1. The van der Waals surface area contributed by atoms with Gasteiger partial charge < -0.3 is 5.32 Å². The maximum Gasteiger partial charge on any atom is 0.251 e. The van der Waals surface area contributed by atoms with Crippen LogP contribution in [0, 0.1) is 0 Å². The molecule has 1 saturated heterocycles. The van der Waals surface area contributed by atoms with Crippen molar-refractivity contribution in [2.45, 2.75) is 45.3 Å².